The summed E-state index contributed by atoms with van der Waals surface area (Å²) in [5, 5.41) is 12.2. The van der Waals surface area contributed by atoms with Gasteiger partial charge >= 0.3 is 12.1 Å². The standard InChI is InChI=1S/C12H21NO5/c1-7(10(15)17-6)9(14)8(2)13-11(16)18-12(3,4)5/h8-9,14H,1H2,2-6H3,(H,13,16)/t8-,9?/m0/s1. The molecule has 0 aromatic carbocycles. The summed E-state index contributed by atoms with van der Waals surface area (Å²) < 4.78 is 9.44. The highest BCUT2D eigenvalue weighted by atomic mass is 16.6. The lowest BCUT2D eigenvalue weighted by atomic mass is 10.1. The number of alkyl carbamates (subject to hydrolysis) is 1. The summed E-state index contributed by atoms with van der Waals surface area (Å²) in [6.45, 7) is 10.1. The highest BCUT2D eigenvalue weighted by Gasteiger charge is 2.26. The van der Waals surface area contributed by atoms with Crippen LogP contribution in [0.4, 0.5) is 4.79 Å². The molecule has 0 aromatic rings. The van der Waals surface area contributed by atoms with Gasteiger partial charge in [0.25, 0.3) is 0 Å². The monoisotopic (exact) mass is 259 g/mol. The van der Waals surface area contributed by atoms with E-state index >= 15 is 0 Å². The van der Waals surface area contributed by atoms with Crippen LogP contribution in [0, 0.1) is 0 Å². The van der Waals surface area contributed by atoms with Gasteiger partial charge in [-0.1, -0.05) is 6.58 Å². The first-order valence-electron chi connectivity index (χ1n) is 5.53. The first-order valence-corrected chi connectivity index (χ1v) is 5.53. The van der Waals surface area contributed by atoms with E-state index < -0.39 is 29.8 Å². The second-order valence-corrected chi connectivity index (χ2v) is 4.90. The zero-order chi connectivity index (χ0) is 14.5. The highest BCUT2D eigenvalue weighted by Crippen LogP contribution is 2.09. The minimum absolute atomic E-state index is 0.124. The lowest BCUT2D eigenvalue weighted by Gasteiger charge is -2.24. The second-order valence-electron chi connectivity index (χ2n) is 4.90. The van der Waals surface area contributed by atoms with Crippen molar-refractivity contribution < 1.29 is 24.2 Å². The first-order chi connectivity index (χ1) is 8.08. The molecule has 104 valence electrons. The summed E-state index contributed by atoms with van der Waals surface area (Å²) in [6, 6.07) is -0.716. The van der Waals surface area contributed by atoms with Crippen molar-refractivity contribution in [3.05, 3.63) is 12.2 Å². The van der Waals surface area contributed by atoms with E-state index in [4.69, 9.17) is 4.74 Å². The van der Waals surface area contributed by atoms with Crippen LogP contribution in [0.15, 0.2) is 12.2 Å². The molecule has 0 aliphatic rings. The summed E-state index contributed by atoms with van der Waals surface area (Å²) in [6.07, 6.45) is -1.91. The van der Waals surface area contributed by atoms with Crippen LogP contribution >= 0.6 is 0 Å². The summed E-state index contributed by atoms with van der Waals surface area (Å²) in [5.41, 5.74) is -0.755. The summed E-state index contributed by atoms with van der Waals surface area (Å²) in [4.78, 5) is 22.6. The number of esters is 1. The molecule has 2 atom stereocenters. The quantitative estimate of drug-likeness (QED) is 0.581. The van der Waals surface area contributed by atoms with E-state index in [0.29, 0.717) is 0 Å². The van der Waals surface area contributed by atoms with Crippen LogP contribution in [0.5, 0.6) is 0 Å². The fraction of sp³-hybridized carbons (Fsp3) is 0.667. The van der Waals surface area contributed by atoms with Crippen LogP contribution in [-0.2, 0) is 14.3 Å². The Morgan fingerprint density at radius 3 is 2.22 bits per heavy atom. The Bertz CT molecular complexity index is 332. The third-order valence-electron chi connectivity index (χ3n) is 2.02. The smallest absolute Gasteiger partial charge is 0.407 e. The van der Waals surface area contributed by atoms with Crippen molar-refractivity contribution in [1.82, 2.24) is 5.32 Å². The van der Waals surface area contributed by atoms with Crippen LogP contribution in [0.1, 0.15) is 27.7 Å². The van der Waals surface area contributed by atoms with Gasteiger partial charge in [0.15, 0.2) is 0 Å². The molecule has 0 aromatic heterocycles. The SMILES string of the molecule is C=C(C(=O)OC)C(O)[C@H](C)NC(=O)OC(C)(C)C. The molecule has 6 nitrogen and oxygen atoms in total. The number of carbonyl (C=O) groups is 2. The molecule has 0 bridgehead atoms. The third kappa shape index (κ3) is 5.67. The lowest BCUT2D eigenvalue weighted by Crippen LogP contribution is -2.45. The predicted molar refractivity (Wildman–Crippen MR) is 66.0 cm³/mol. The molecule has 0 saturated carbocycles. The van der Waals surface area contributed by atoms with E-state index in [1.807, 2.05) is 0 Å². The number of ether oxygens (including phenoxy) is 2. The van der Waals surface area contributed by atoms with E-state index in [-0.39, 0.29) is 5.57 Å². The molecule has 2 N–H and O–H groups in total. The van der Waals surface area contributed by atoms with Crippen LogP contribution in [0.3, 0.4) is 0 Å². The van der Waals surface area contributed by atoms with Crippen molar-refractivity contribution in [1.29, 1.82) is 0 Å². The van der Waals surface area contributed by atoms with E-state index in [1.54, 1.807) is 20.8 Å². The number of amides is 1. The summed E-state index contributed by atoms with van der Waals surface area (Å²) in [7, 11) is 1.19. The maximum atomic E-state index is 11.4. The van der Waals surface area contributed by atoms with Gasteiger partial charge in [-0.05, 0) is 27.7 Å². The maximum absolute atomic E-state index is 11.4. The Morgan fingerprint density at radius 2 is 1.83 bits per heavy atom. The van der Waals surface area contributed by atoms with Crippen molar-refractivity contribution in [2.45, 2.75) is 45.4 Å². The Balaban J connectivity index is 4.41. The Morgan fingerprint density at radius 1 is 1.33 bits per heavy atom. The van der Waals surface area contributed by atoms with Gasteiger partial charge in [0.05, 0.1) is 18.7 Å². The first kappa shape index (κ1) is 16.4. The lowest BCUT2D eigenvalue weighted by molar-refractivity contribution is -0.137. The van der Waals surface area contributed by atoms with Gasteiger partial charge in [0.1, 0.15) is 11.7 Å². The molecule has 18 heavy (non-hydrogen) atoms. The molecule has 0 fully saturated rings. The van der Waals surface area contributed by atoms with Gasteiger partial charge in [-0.2, -0.15) is 0 Å². The van der Waals surface area contributed by atoms with Gasteiger partial charge in [0.2, 0.25) is 0 Å². The fourth-order valence-electron chi connectivity index (χ4n) is 1.13. The van der Waals surface area contributed by atoms with Crippen LogP contribution < -0.4 is 5.32 Å². The van der Waals surface area contributed by atoms with Crippen LogP contribution in [0.2, 0.25) is 0 Å². The molecule has 0 heterocycles. The molecule has 0 spiro atoms. The molecular weight excluding hydrogens is 238 g/mol. The zero-order valence-corrected chi connectivity index (χ0v) is 11.4. The van der Waals surface area contributed by atoms with Gasteiger partial charge in [-0.15, -0.1) is 0 Å². The highest BCUT2D eigenvalue weighted by molar-refractivity contribution is 5.89. The van der Waals surface area contributed by atoms with Crippen LogP contribution in [0.25, 0.3) is 0 Å². The molecule has 0 saturated heterocycles. The van der Waals surface area contributed by atoms with Crippen molar-refractivity contribution in [3.8, 4) is 0 Å². The molecule has 0 rings (SSSR count). The molecule has 0 aliphatic heterocycles. The number of methoxy groups -OCH3 is 1. The molecular formula is C12H21NO5. The Hall–Kier alpha value is -1.56. The van der Waals surface area contributed by atoms with Crippen molar-refractivity contribution >= 4 is 12.1 Å². The number of nitrogens with one attached hydrogen (secondary N) is 1. The number of aliphatic hydroxyl groups excluding tert-OH is 1. The molecule has 0 aliphatic carbocycles. The minimum Gasteiger partial charge on any atom is -0.466 e. The number of aliphatic hydroxyl groups is 1. The molecule has 1 amide bonds. The van der Waals surface area contributed by atoms with Gasteiger partial charge < -0.3 is 19.9 Å². The van der Waals surface area contributed by atoms with E-state index in [0.717, 1.165) is 0 Å². The molecule has 0 radical (unpaired) electrons. The average molecular weight is 259 g/mol. The summed E-state index contributed by atoms with van der Waals surface area (Å²) >= 11 is 0. The number of carbonyl (C=O) groups excluding carboxylic acids is 2. The van der Waals surface area contributed by atoms with E-state index in [9.17, 15) is 14.7 Å². The zero-order valence-electron chi connectivity index (χ0n) is 11.4. The van der Waals surface area contributed by atoms with E-state index in [1.165, 1.54) is 14.0 Å². The Kier molecular flexibility index (Phi) is 5.84. The minimum atomic E-state index is -1.23. The van der Waals surface area contributed by atoms with Gasteiger partial charge in [0, 0.05) is 0 Å². The van der Waals surface area contributed by atoms with Crippen LogP contribution in [-0.4, -0.2) is 42.0 Å². The number of hydrogen-bond acceptors (Lipinski definition) is 5. The fourth-order valence-corrected chi connectivity index (χ4v) is 1.13. The normalized spacial score (nSPS) is 14.3. The second kappa shape index (κ2) is 6.39. The van der Waals surface area contributed by atoms with Gasteiger partial charge in [-0.3, -0.25) is 0 Å². The molecule has 6 heteroatoms. The average Bonchev–Trinajstić information content (AvgIpc) is 2.22. The third-order valence-corrected chi connectivity index (χ3v) is 2.02. The van der Waals surface area contributed by atoms with E-state index in [2.05, 4.69) is 16.6 Å². The Labute approximate surface area is 107 Å². The topological polar surface area (TPSA) is 84.9 Å². The number of hydrogen-bond donors (Lipinski definition) is 2. The predicted octanol–water partition coefficient (Wildman–Crippen LogP) is 0.990. The molecule has 1 unspecified atom stereocenters. The van der Waals surface area contributed by atoms with Crippen molar-refractivity contribution in [3.63, 3.8) is 0 Å². The van der Waals surface area contributed by atoms with Crippen molar-refractivity contribution in [2.24, 2.45) is 0 Å². The van der Waals surface area contributed by atoms with Crippen molar-refractivity contribution in [2.75, 3.05) is 7.11 Å². The maximum Gasteiger partial charge on any atom is 0.407 e. The van der Waals surface area contributed by atoms with Gasteiger partial charge in [-0.25, -0.2) is 9.59 Å². The largest absolute Gasteiger partial charge is 0.466 e. The number of rotatable bonds is 4. The summed E-state index contributed by atoms with van der Waals surface area (Å²) in [5.74, 6) is -0.722.